The van der Waals surface area contributed by atoms with E-state index in [1.807, 2.05) is 6.07 Å². The van der Waals surface area contributed by atoms with Crippen molar-refractivity contribution in [2.45, 2.75) is 45.6 Å². The van der Waals surface area contributed by atoms with Crippen LogP contribution < -0.4 is 0 Å². The molecule has 4 rings (SSSR count). The summed E-state index contributed by atoms with van der Waals surface area (Å²) in [6, 6.07) is 21.6. The molecule has 3 nitrogen and oxygen atoms in total. The minimum atomic E-state index is 0.514. The quantitative estimate of drug-likeness (QED) is 0.697. The van der Waals surface area contributed by atoms with Gasteiger partial charge in [-0.25, -0.2) is 0 Å². The number of nitrogens with zero attached hydrogens (tertiary/aromatic N) is 1. The van der Waals surface area contributed by atoms with Crippen LogP contribution in [0.4, 0.5) is 0 Å². The third kappa shape index (κ3) is 9.01. The fourth-order valence-electron chi connectivity index (χ4n) is 3.31. The van der Waals surface area contributed by atoms with Crippen LogP contribution in [0.2, 0.25) is 0 Å². The molecule has 0 bridgehead atoms. The molecule has 0 aromatic heterocycles. The van der Waals surface area contributed by atoms with Crippen molar-refractivity contribution in [3.05, 3.63) is 71.8 Å². The van der Waals surface area contributed by atoms with Gasteiger partial charge in [0.2, 0.25) is 0 Å². The van der Waals surface area contributed by atoms with Crippen LogP contribution in [-0.4, -0.2) is 44.4 Å². The Balaban J connectivity index is 0.000000169. The normalized spacial score (nSPS) is 18.1. The highest BCUT2D eigenvalue weighted by Crippen LogP contribution is 2.20. The van der Waals surface area contributed by atoms with Crippen LogP contribution in [-0.2, 0) is 15.9 Å². The Morgan fingerprint density at radius 2 is 1.29 bits per heavy atom. The lowest BCUT2D eigenvalue weighted by molar-refractivity contribution is 0.0198. The van der Waals surface area contributed by atoms with Gasteiger partial charge in [-0.1, -0.05) is 67.6 Å². The molecule has 2 aliphatic rings. The van der Waals surface area contributed by atoms with E-state index in [9.17, 15) is 0 Å². The van der Waals surface area contributed by atoms with E-state index in [0.29, 0.717) is 6.04 Å². The Bertz CT molecular complexity index is 581. The summed E-state index contributed by atoms with van der Waals surface area (Å²) in [5, 5.41) is 0. The van der Waals surface area contributed by atoms with Gasteiger partial charge < -0.3 is 9.47 Å². The maximum atomic E-state index is 5.34. The molecule has 2 heterocycles. The topological polar surface area (TPSA) is 21.7 Å². The summed E-state index contributed by atoms with van der Waals surface area (Å²) in [6.07, 6.45) is 5.07. The third-order valence-corrected chi connectivity index (χ3v) is 5.20. The molecule has 0 aliphatic carbocycles. The Labute approximate surface area is 171 Å². The van der Waals surface area contributed by atoms with E-state index in [-0.39, 0.29) is 0 Å². The van der Waals surface area contributed by atoms with Crippen LogP contribution in [0.3, 0.4) is 0 Å². The third-order valence-electron chi connectivity index (χ3n) is 5.20. The molecule has 1 unspecified atom stereocenters. The van der Waals surface area contributed by atoms with Gasteiger partial charge in [-0.05, 0) is 43.7 Å². The predicted molar refractivity (Wildman–Crippen MR) is 118 cm³/mol. The van der Waals surface area contributed by atoms with Crippen LogP contribution in [0.25, 0.3) is 0 Å². The highest BCUT2D eigenvalue weighted by atomic mass is 16.5. The van der Waals surface area contributed by atoms with E-state index in [1.54, 1.807) is 0 Å². The van der Waals surface area contributed by atoms with E-state index in [0.717, 1.165) is 45.9 Å². The molecule has 2 aromatic rings. The molecular weight excluding hydrogens is 346 g/mol. The summed E-state index contributed by atoms with van der Waals surface area (Å²) >= 11 is 0. The number of aryl methyl sites for hydroxylation is 1. The molecule has 2 aliphatic heterocycles. The van der Waals surface area contributed by atoms with Crippen LogP contribution in [0.5, 0.6) is 0 Å². The van der Waals surface area contributed by atoms with Gasteiger partial charge in [0.15, 0.2) is 0 Å². The second-order valence-electron chi connectivity index (χ2n) is 7.25. The van der Waals surface area contributed by atoms with Gasteiger partial charge in [-0.3, -0.25) is 4.90 Å². The van der Waals surface area contributed by atoms with Gasteiger partial charge in [0.05, 0.1) is 13.2 Å². The van der Waals surface area contributed by atoms with Gasteiger partial charge in [-0.15, -0.1) is 0 Å². The molecular formula is C25H37NO2. The summed E-state index contributed by atoms with van der Waals surface area (Å²) in [4.78, 5) is 2.47. The lowest BCUT2D eigenvalue weighted by Gasteiger charge is -2.32. The molecule has 3 heteroatoms. The monoisotopic (exact) mass is 383 g/mol. The fraction of sp³-hybridized carbons (Fsp3) is 0.520. The van der Waals surface area contributed by atoms with E-state index >= 15 is 0 Å². The first-order chi connectivity index (χ1) is 13.8. The summed E-state index contributed by atoms with van der Waals surface area (Å²) in [6.45, 7) is 10.3. The molecule has 0 N–H and O–H groups in total. The Kier molecular flexibility index (Phi) is 11.6. The number of hydrogen-bond donors (Lipinski definition) is 0. The zero-order valence-corrected chi connectivity index (χ0v) is 17.7. The number of morpholine rings is 1. The Morgan fingerprint density at radius 1 is 0.750 bits per heavy atom. The predicted octanol–water partition coefficient (Wildman–Crippen LogP) is 5.52. The molecule has 2 fully saturated rings. The van der Waals surface area contributed by atoms with Crippen molar-refractivity contribution in [1.29, 1.82) is 0 Å². The van der Waals surface area contributed by atoms with Crippen molar-refractivity contribution in [3.63, 3.8) is 0 Å². The van der Waals surface area contributed by atoms with Crippen molar-refractivity contribution in [2.24, 2.45) is 0 Å². The lowest BCUT2D eigenvalue weighted by Crippen LogP contribution is -2.37. The molecule has 28 heavy (non-hydrogen) atoms. The number of ether oxygens (including phenoxy) is 2. The van der Waals surface area contributed by atoms with E-state index in [4.69, 9.17) is 9.47 Å². The molecule has 0 radical (unpaired) electrons. The molecule has 0 amide bonds. The van der Waals surface area contributed by atoms with E-state index in [1.165, 1.54) is 30.4 Å². The number of rotatable bonds is 3. The summed E-state index contributed by atoms with van der Waals surface area (Å²) in [5.74, 6) is 0. The molecule has 0 spiro atoms. The standard InChI is InChI=1S/C12H17NO.C8H10.C5H10O/c1-11(12-5-3-2-4-6-12)13-7-9-14-10-8-13;1-2-8-6-4-3-5-7-8;1-2-4-6-5-3-1/h2-6,11H,7-10H2,1H3;3-7H,2H2,1H3;1-5H2. The zero-order chi connectivity index (χ0) is 19.9. The van der Waals surface area contributed by atoms with Crippen molar-refractivity contribution in [1.82, 2.24) is 4.90 Å². The van der Waals surface area contributed by atoms with E-state index in [2.05, 4.69) is 73.3 Å². The fourth-order valence-corrected chi connectivity index (χ4v) is 3.31. The average Bonchev–Trinajstić information content (AvgIpc) is 2.82. The Hall–Kier alpha value is -1.68. The second kappa shape index (κ2) is 14.3. The molecule has 2 aromatic carbocycles. The number of benzene rings is 2. The van der Waals surface area contributed by atoms with Crippen LogP contribution in [0.1, 0.15) is 50.3 Å². The van der Waals surface area contributed by atoms with Gasteiger partial charge in [0, 0.05) is 32.3 Å². The van der Waals surface area contributed by atoms with Gasteiger partial charge in [0.25, 0.3) is 0 Å². The lowest BCUT2D eigenvalue weighted by atomic mass is 10.1. The number of hydrogen-bond acceptors (Lipinski definition) is 3. The first-order valence-corrected chi connectivity index (χ1v) is 10.8. The van der Waals surface area contributed by atoms with Crippen molar-refractivity contribution < 1.29 is 9.47 Å². The second-order valence-corrected chi connectivity index (χ2v) is 7.25. The van der Waals surface area contributed by atoms with Gasteiger partial charge >= 0.3 is 0 Å². The molecule has 0 saturated carbocycles. The minimum Gasteiger partial charge on any atom is -0.381 e. The smallest absolute Gasteiger partial charge is 0.0594 e. The highest BCUT2D eigenvalue weighted by Gasteiger charge is 2.17. The summed E-state index contributed by atoms with van der Waals surface area (Å²) < 4.78 is 10.4. The van der Waals surface area contributed by atoms with Crippen LogP contribution >= 0.6 is 0 Å². The molecule has 2 saturated heterocycles. The molecule has 1 atom stereocenters. The first-order valence-electron chi connectivity index (χ1n) is 10.8. The van der Waals surface area contributed by atoms with Crippen molar-refractivity contribution in [2.75, 3.05) is 39.5 Å². The van der Waals surface area contributed by atoms with Gasteiger partial charge in [0.1, 0.15) is 0 Å². The van der Waals surface area contributed by atoms with Crippen LogP contribution in [0, 0.1) is 0 Å². The largest absolute Gasteiger partial charge is 0.381 e. The SMILES string of the molecule is C1CCOCC1.CC(c1ccccc1)N1CCOCC1.CCc1ccccc1. The summed E-state index contributed by atoms with van der Waals surface area (Å²) in [5.41, 5.74) is 2.81. The van der Waals surface area contributed by atoms with Crippen molar-refractivity contribution in [3.8, 4) is 0 Å². The van der Waals surface area contributed by atoms with Crippen molar-refractivity contribution >= 4 is 0 Å². The maximum absolute atomic E-state index is 5.34. The highest BCUT2D eigenvalue weighted by molar-refractivity contribution is 5.18. The average molecular weight is 384 g/mol. The minimum absolute atomic E-state index is 0.514. The van der Waals surface area contributed by atoms with E-state index < -0.39 is 0 Å². The van der Waals surface area contributed by atoms with Crippen LogP contribution in [0.15, 0.2) is 60.7 Å². The molecule has 154 valence electrons. The zero-order valence-electron chi connectivity index (χ0n) is 17.7. The Morgan fingerprint density at radius 3 is 1.71 bits per heavy atom. The summed E-state index contributed by atoms with van der Waals surface area (Å²) in [7, 11) is 0. The maximum Gasteiger partial charge on any atom is 0.0594 e. The van der Waals surface area contributed by atoms with Gasteiger partial charge in [-0.2, -0.15) is 0 Å². The first kappa shape index (κ1) is 22.6.